The van der Waals surface area contributed by atoms with E-state index in [1.54, 1.807) is 0 Å². The van der Waals surface area contributed by atoms with Gasteiger partial charge in [-0.1, -0.05) is 91.0 Å². The Bertz CT molecular complexity index is 1020. The topological polar surface area (TPSA) is 95.5 Å². The van der Waals surface area contributed by atoms with Crippen LogP contribution in [-0.4, -0.2) is 28.9 Å². The minimum Gasteiger partial charge on any atom is -0.480 e. The van der Waals surface area contributed by atoms with E-state index in [0.717, 1.165) is 16.7 Å². The third kappa shape index (κ3) is 6.77. The van der Waals surface area contributed by atoms with E-state index < -0.39 is 23.8 Å². The van der Waals surface area contributed by atoms with Gasteiger partial charge in [-0.05, 0) is 23.6 Å². The Kier molecular flexibility index (Phi) is 8.36. The molecule has 0 saturated heterocycles. The van der Waals surface area contributed by atoms with Crippen molar-refractivity contribution in [3.05, 3.63) is 108 Å². The highest BCUT2D eigenvalue weighted by Crippen LogP contribution is 2.28. The predicted molar refractivity (Wildman–Crippen MR) is 127 cm³/mol. The van der Waals surface area contributed by atoms with Crippen LogP contribution in [0.15, 0.2) is 91.0 Å². The van der Waals surface area contributed by atoms with Crippen LogP contribution in [-0.2, 0) is 14.4 Å². The van der Waals surface area contributed by atoms with Gasteiger partial charge >= 0.3 is 5.97 Å². The number of carboxylic acid groups (broad SMARTS) is 1. The molecule has 0 aromatic heterocycles. The first-order chi connectivity index (χ1) is 16.0. The molecule has 0 aliphatic heterocycles. The lowest BCUT2D eigenvalue weighted by Crippen LogP contribution is -2.45. The highest BCUT2D eigenvalue weighted by molar-refractivity contribution is 5.87. The third-order valence-corrected chi connectivity index (χ3v) is 5.49. The van der Waals surface area contributed by atoms with Crippen molar-refractivity contribution in [3.63, 3.8) is 0 Å². The molecular weight excluding hydrogens is 416 g/mol. The van der Waals surface area contributed by atoms with Gasteiger partial charge in [0.25, 0.3) is 0 Å². The number of carboxylic acids is 1. The summed E-state index contributed by atoms with van der Waals surface area (Å²) in [5.41, 5.74) is 2.53. The van der Waals surface area contributed by atoms with Crippen LogP contribution in [0.1, 0.15) is 48.4 Å². The molecule has 0 aliphatic carbocycles. The van der Waals surface area contributed by atoms with E-state index in [0.29, 0.717) is 0 Å². The van der Waals surface area contributed by atoms with E-state index in [-0.39, 0.29) is 24.8 Å². The van der Waals surface area contributed by atoms with Gasteiger partial charge in [-0.25, -0.2) is 4.79 Å². The molecule has 0 aliphatic rings. The molecule has 3 rings (SSSR count). The number of carbonyl (C=O) groups is 3. The molecule has 6 nitrogen and oxygen atoms in total. The van der Waals surface area contributed by atoms with Crippen molar-refractivity contribution >= 4 is 17.8 Å². The van der Waals surface area contributed by atoms with Gasteiger partial charge < -0.3 is 15.7 Å². The maximum absolute atomic E-state index is 12.6. The van der Waals surface area contributed by atoms with E-state index in [1.807, 2.05) is 97.9 Å². The number of hydrogen-bond donors (Lipinski definition) is 3. The number of benzene rings is 3. The Morgan fingerprint density at radius 3 is 1.48 bits per heavy atom. The van der Waals surface area contributed by atoms with Gasteiger partial charge in [0, 0.05) is 18.8 Å². The fraction of sp³-hybridized carbons (Fsp3) is 0.222. The molecule has 33 heavy (non-hydrogen) atoms. The smallest absolute Gasteiger partial charge is 0.327 e. The van der Waals surface area contributed by atoms with Crippen LogP contribution >= 0.6 is 0 Å². The maximum atomic E-state index is 12.6. The van der Waals surface area contributed by atoms with Crippen molar-refractivity contribution in [3.8, 4) is 0 Å². The summed E-state index contributed by atoms with van der Waals surface area (Å²) in [6.07, 6.45) is -0.135. The van der Waals surface area contributed by atoms with Crippen molar-refractivity contribution in [2.24, 2.45) is 0 Å². The second-order valence-electron chi connectivity index (χ2n) is 7.88. The van der Waals surface area contributed by atoms with E-state index in [9.17, 15) is 19.5 Å². The van der Waals surface area contributed by atoms with E-state index in [2.05, 4.69) is 10.6 Å². The molecule has 0 fully saturated rings. The van der Waals surface area contributed by atoms with Crippen LogP contribution in [0, 0.1) is 0 Å². The average Bonchev–Trinajstić information content (AvgIpc) is 2.84. The fourth-order valence-electron chi connectivity index (χ4n) is 3.80. The lowest BCUT2D eigenvalue weighted by Gasteiger charge is -2.26. The number of aliphatic carboxylic acids is 1. The quantitative estimate of drug-likeness (QED) is 0.440. The minimum absolute atomic E-state index is 0.0311. The highest BCUT2D eigenvalue weighted by atomic mass is 16.4. The second-order valence-corrected chi connectivity index (χ2v) is 7.88. The summed E-state index contributed by atoms with van der Waals surface area (Å²) < 4.78 is 0. The van der Waals surface area contributed by atoms with E-state index >= 15 is 0 Å². The molecule has 3 aromatic rings. The molecule has 0 bridgehead atoms. The summed E-state index contributed by atoms with van der Waals surface area (Å²) >= 11 is 0. The van der Waals surface area contributed by atoms with Gasteiger partial charge in [0.2, 0.25) is 11.8 Å². The summed E-state index contributed by atoms with van der Waals surface area (Å²) in [6, 6.07) is 26.6. The Hall–Kier alpha value is -3.93. The molecule has 3 aromatic carbocycles. The van der Waals surface area contributed by atoms with Crippen molar-refractivity contribution in [1.29, 1.82) is 0 Å². The van der Waals surface area contributed by atoms with Crippen LogP contribution < -0.4 is 10.6 Å². The third-order valence-electron chi connectivity index (χ3n) is 5.49. The number of nitrogens with one attached hydrogen (secondary N) is 2. The van der Waals surface area contributed by atoms with Gasteiger partial charge in [0.1, 0.15) is 6.04 Å². The number of rotatable bonds is 10. The molecular formula is C27H28N2O4. The Morgan fingerprint density at radius 1 is 0.667 bits per heavy atom. The maximum Gasteiger partial charge on any atom is 0.327 e. The molecule has 0 heterocycles. The summed E-state index contributed by atoms with van der Waals surface area (Å²) in [5.74, 6) is -2.46. The van der Waals surface area contributed by atoms with E-state index in [1.165, 1.54) is 0 Å². The molecule has 0 radical (unpaired) electrons. The summed E-state index contributed by atoms with van der Waals surface area (Å²) in [6.45, 7) is 1.87. The monoisotopic (exact) mass is 444 g/mol. The molecule has 170 valence electrons. The SMILES string of the molecule is C[C@@H](NC(=O)CCC(=O)N[C@@H](C(=O)O)C(c1ccccc1)c1ccccc1)c1ccccc1. The lowest BCUT2D eigenvalue weighted by molar-refractivity contribution is -0.142. The Morgan fingerprint density at radius 2 is 1.06 bits per heavy atom. The summed E-state index contributed by atoms with van der Waals surface area (Å²) in [4.78, 5) is 37.1. The van der Waals surface area contributed by atoms with Gasteiger partial charge in [0.15, 0.2) is 0 Å². The van der Waals surface area contributed by atoms with Crippen LogP contribution in [0.4, 0.5) is 0 Å². The lowest BCUT2D eigenvalue weighted by atomic mass is 9.85. The molecule has 6 heteroatoms. The normalized spacial score (nSPS) is 12.5. The van der Waals surface area contributed by atoms with Crippen LogP contribution in [0.5, 0.6) is 0 Å². The minimum atomic E-state index is -1.17. The number of amides is 2. The standard InChI is InChI=1S/C27H28N2O4/c1-19(20-11-5-2-6-12-20)28-23(30)17-18-24(31)29-26(27(32)33)25(21-13-7-3-8-14-21)22-15-9-4-10-16-22/h2-16,19,25-26H,17-18H2,1H3,(H,28,30)(H,29,31)(H,32,33)/t19-,26-/m1/s1. The largest absolute Gasteiger partial charge is 0.480 e. The number of carbonyl (C=O) groups excluding carboxylic acids is 2. The molecule has 0 saturated carbocycles. The highest BCUT2D eigenvalue weighted by Gasteiger charge is 2.32. The van der Waals surface area contributed by atoms with Crippen LogP contribution in [0.3, 0.4) is 0 Å². The second kappa shape index (κ2) is 11.6. The Balaban J connectivity index is 1.66. The van der Waals surface area contributed by atoms with Crippen molar-refractivity contribution in [2.75, 3.05) is 0 Å². The Labute approximate surface area is 193 Å². The molecule has 2 atom stereocenters. The van der Waals surface area contributed by atoms with Gasteiger partial charge in [0.05, 0.1) is 6.04 Å². The molecule has 0 unspecified atom stereocenters. The van der Waals surface area contributed by atoms with E-state index in [4.69, 9.17) is 0 Å². The van der Waals surface area contributed by atoms with Gasteiger partial charge in [-0.15, -0.1) is 0 Å². The zero-order chi connectivity index (χ0) is 23.6. The van der Waals surface area contributed by atoms with Crippen molar-refractivity contribution in [2.45, 2.75) is 37.8 Å². The van der Waals surface area contributed by atoms with Gasteiger partial charge in [-0.2, -0.15) is 0 Å². The molecule has 0 spiro atoms. The summed E-state index contributed by atoms with van der Waals surface area (Å²) in [5, 5.41) is 15.4. The van der Waals surface area contributed by atoms with Crippen molar-refractivity contribution < 1.29 is 19.5 Å². The summed E-state index contributed by atoms with van der Waals surface area (Å²) in [7, 11) is 0. The predicted octanol–water partition coefficient (Wildman–Crippen LogP) is 4.05. The zero-order valence-electron chi connectivity index (χ0n) is 18.5. The van der Waals surface area contributed by atoms with Gasteiger partial charge in [-0.3, -0.25) is 9.59 Å². The molecule has 3 N–H and O–H groups in total. The first-order valence-corrected chi connectivity index (χ1v) is 10.9. The van der Waals surface area contributed by atoms with Crippen LogP contribution in [0.25, 0.3) is 0 Å². The molecule has 2 amide bonds. The first-order valence-electron chi connectivity index (χ1n) is 10.9. The fourth-order valence-corrected chi connectivity index (χ4v) is 3.80. The first kappa shape index (κ1) is 23.7. The average molecular weight is 445 g/mol. The van der Waals surface area contributed by atoms with Crippen LogP contribution in [0.2, 0.25) is 0 Å². The zero-order valence-corrected chi connectivity index (χ0v) is 18.5. The van der Waals surface area contributed by atoms with Crippen molar-refractivity contribution in [1.82, 2.24) is 10.6 Å². The number of hydrogen-bond acceptors (Lipinski definition) is 3.